The molecule has 202 valence electrons. The van der Waals surface area contributed by atoms with Gasteiger partial charge < -0.3 is 4.74 Å². The Morgan fingerprint density at radius 1 is 0.846 bits per heavy atom. The molecule has 1 unspecified atom stereocenters. The van der Waals surface area contributed by atoms with Crippen molar-refractivity contribution in [3.05, 3.63) is 114 Å². The predicted octanol–water partition coefficient (Wildman–Crippen LogP) is 7.48. The summed E-state index contributed by atoms with van der Waals surface area (Å²) in [4.78, 5) is 23.0. The lowest BCUT2D eigenvalue weighted by molar-refractivity contribution is -0.145. The van der Waals surface area contributed by atoms with E-state index in [1.807, 2.05) is 12.1 Å². The molecule has 11 heteroatoms. The maximum Gasteiger partial charge on any atom is 0.416 e. The Balaban J connectivity index is 1.86. The molecule has 0 saturated heterocycles. The third kappa shape index (κ3) is 6.36. The van der Waals surface area contributed by atoms with E-state index in [9.17, 15) is 31.1 Å². The molecule has 1 atom stereocenters. The van der Waals surface area contributed by atoms with Gasteiger partial charge in [0.05, 0.1) is 24.2 Å². The Labute approximate surface area is 219 Å². The number of hydrogen-bond acceptors (Lipinski definition) is 5. The van der Waals surface area contributed by atoms with Gasteiger partial charge in [-0.3, -0.25) is 9.69 Å². The molecule has 39 heavy (non-hydrogen) atoms. The molecule has 0 radical (unpaired) electrons. The second-order valence-corrected chi connectivity index (χ2v) is 8.50. The number of esters is 1. The summed E-state index contributed by atoms with van der Waals surface area (Å²) < 4.78 is 86.1. The normalized spacial score (nSPS) is 12.6. The first-order chi connectivity index (χ1) is 18.5. The highest BCUT2D eigenvalue weighted by Crippen LogP contribution is 2.40. The molecule has 0 bridgehead atoms. The van der Waals surface area contributed by atoms with Crippen LogP contribution in [0.3, 0.4) is 0 Å². The zero-order valence-electron chi connectivity index (χ0n) is 20.4. The SMILES string of the molecule is COC(=O)C(Cc1cncnc1N(c1ccccc1)c1ccccc1)c1cc(C(F)(F)F)cc(C(F)(F)F)c1. The maximum absolute atomic E-state index is 13.5. The summed E-state index contributed by atoms with van der Waals surface area (Å²) in [5.74, 6) is -2.24. The number of rotatable bonds is 7. The van der Waals surface area contributed by atoms with Crippen molar-refractivity contribution in [1.29, 1.82) is 0 Å². The number of carbonyl (C=O) groups is 1. The van der Waals surface area contributed by atoms with Crippen LogP contribution in [0, 0.1) is 0 Å². The maximum atomic E-state index is 13.5. The van der Waals surface area contributed by atoms with Crippen LogP contribution in [0.4, 0.5) is 43.5 Å². The average Bonchev–Trinajstić information content (AvgIpc) is 2.92. The molecule has 0 fully saturated rings. The van der Waals surface area contributed by atoms with Crippen LogP contribution in [0.2, 0.25) is 0 Å². The van der Waals surface area contributed by atoms with Crippen LogP contribution in [-0.4, -0.2) is 23.0 Å². The minimum absolute atomic E-state index is 0.0153. The van der Waals surface area contributed by atoms with Crippen LogP contribution >= 0.6 is 0 Å². The highest BCUT2D eigenvalue weighted by atomic mass is 19.4. The molecule has 4 aromatic rings. The Morgan fingerprint density at radius 2 is 1.36 bits per heavy atom. The Bertz CT molecular complexity index is 1360. The quantitative estimate of drug-likeness (QED) is 0.178. The van der Waals surface area contributed by atoms with Gasteiger partial charge in [-0.25, -0.2) is 9.97 Å². The second kappa shape index (κ2) is 11.1. The minimum Gasteiger partial charge on any atom is -0.469 e. The van der Waals surface area contributed by atoms with Crippen LogP contribution in [0.25, 0.3) is 0 Å². The van der Waals surface area contributed by atoms with Gasteiger partial charge in [0.2, 0.25) is 0 Å². The van der Waals surface area contributed by atoms with Gasteiger partial charge in [0.15, 0.2) is 0 Å². The molecule has 0 aliphatic rings. The average molecular weight is 545 g/mol. The minimum atomic E-state index is -5.07. The van der Waals surface area contributed by atoms with Crippen LogP contribution in [-0.2, 0) is 28.3 Å². The first-order valence-electron chi connectivity index (χ1n) is 11.6. The molecular weight excluding hydrogens is 524 g/mol. The summed E-state index contributed by atoms with van der Waals surface area (Å²) in [6.45, 7) is 0. The number of ether oxygens (including phenoxy) is 1. The van der Waals surface area contributed by atoms with E-state index in [0.29, 0.717) is 34.9 Å². The van der Waals surface area contributed by atoms with Crippen molar-refractivity contribution in [1.82, 2.24) is 9.97 Å². The van der Waals surface area contributed by atoms with E-state index in [4.69, 9.17) is 4.74 Å². The molecule has 4 rings (SSSR count). The summed E-state index contributed by atoms with van der Waals surface area (Å²) in [5, 5.41) is 0. The molecule has 5 nitrogen and oxygen atoms in total. The van der Waals surface area contributed by atoms with E-state index in [1.54, 1.807) is 53.4 Å². The number of halogens is 6. The molecule has 0 aliphatic carbocycles. The fraction of sp³-hybridized carbons (Fsp3) is 0.179. The van der Waals surface area contributed by atoms with Gasteiger partial charge in [0.25, 0.3) is 0 Å². The van der Waals surface area contributed by atoms with Gasteiger partial charge in [0, 0.05) is 23.1 Å². The Morgan fingerprint density at radius 3 is 1.82 bits per heavy atom. The lowest BCUT2D eigenvalue weighted by atomic mass is 9.89. The first-order valence-corrected chi connectivity index (χ1v) is 11.6. The number of aromatic nitrogens is 2. The van der Waals surface area contributed by atoms with Crippen molar-refractivity contribution in [2.45, 2.75) is 24.7 Å². The molecule has 1 aromatic heterocycles. The van der Waals surface area contributed by atoms with Gasteiger partial charge in [-0.05, 0) is 54.4 Å². The molecule has 1 heterocycles. The summed E-state index contributed by atoms with van der Waals surface area (Å²) in [6, 6.07) is 19.1. The van der Waals surface area contributed by atoms with Crippen molar-refractivity contribution in [2.24, 2.45) is 0 Å². The van der Waals surface area contributed by atoms with Crippen LogP contribution in [0.1, 0.15) is 28.2 Å². The van der Waals surface area contributed by atoms with Gasteiger partial charge in [-0.15, -0.1) is 0 Å². The summed E-state index contributed by atoms with van der Waals surface area (Å²) in [6.07, 6.45) is -7.85. The number of carbonyl (C=O) groups excluding carboxylic acids is 1. The molecule has 0 N–H and O–H groups in total. The molecule has 0 aliphatic heterocycles. The number of benzene rings is 3. The zero-order chi connectivity index (χ0) is 28.2. The Hall–Kier alpha value is -4.41. The standard InChI is InChI=1S/C28H21F6N3O2/c1-39-26(38)24(18-12-20(27(29,30)31)15-21(13-18)28(32,33)34)14-19-16-35-17-36-25(19)37(22-8-4-2-5-9-22)23-10-6-3-7-11-23/h2-13,15-17,24H,14H2,1H3. The predicted molar refractivity (Wildman–Crippen MR) is 132 cm³/mol. The highest BCUT2D eigenvalue weighted by Gasteiger charge is 2.38. The number of methoxy groups -OCH3 is 1. The van der Waals surface area contributed by atoms with Gasteiger partial charge in [-0.2, -0.15) is 26.3 Å². The second-order valence-electron chi connectivity index (χ2n) is 8.50. The number of para-hydroxylation sites is 2. The van der Waals surface area contributed by atoms with Crippen molar-refractivity contribution in [3.63, 3.8) is 0 Å². The largest absolute Gasteiger partial charge is 0.469 e. The first kappa shape index (κ1) is 27.6. The van der Waals surface area contributed by atoms with Crippen molar-refractivity contribution >= 4 is 23.2 Å². The summed E-state index contributed by atoms with van der Waals surface area (Å²) >= 11 is 0. The van der Waals surface area contributed by atoms with Crippen LogP contribution < -0.4 is 4.90 Å². The summed E-state index contributed by atoms with van der Waals surface area (Å²) in [7, 11) is 1.01. The molecular formula is C28H21F6N3O2. The summed E-state index contributed by atoms with van der Waals surface area (Å²) in [5.41, 5.74) is -1.90. The van der Waals surface area contributed by atoms with E-state index in [-0.39, 0.29) is 12.5 Å². The smallest absolute Gasteiger partial charge is 0.416 e. The third-order valence-corrected chi connectivity index (χ3v) is 5.93. The number of nitrogens with zero attached hydrogens (tertiary/aromatic N) is 3. The highest BCUT2D eigenvalue weighted by molar-refractivity contribution is 5.80. The lowest BCUT2D eigenvalue weighted by Crippen LogP contribution is -2.21. The van der Waals surface area contributed by atoms with Gasteiger partial charge in [0.1, 0.15) is 12.1 Å². The van der Waals surface area contributed by atoms with Crippen LogP contribution in [0.15, 0.2) is 91.4 Å². The van der Waals surface area contributed by atoms with Crippen molar-refractivity contribution < 1.29 is 35.9 Å². The van der Waals surface area contributed by atoms with Crippen LogP contribution in [0.5, 0.6) is 0 Å². The topological polar surface area (TPSA) is 55.3 Å². The lowest BCUT2D eigenvalue weighted by Gasteiger charge is -2.27. The van der Waals surface area contributed by atoms with Gasteiger partial charge in [-0.1, -0.05) is 36.4 Å². The number of alkyl halides is 6. The van der Waals surface area contributed by atoms with Crippen molar-refractivity contribution in [3.8, 4) is 0 Å². The molecule has 0 saturated carbocycles. The van der Waals surface area contributed by atoms with Crippen molar-refractivity contribution in [2.75, 3.05) is 12.0 Å². The molecule has 3 aromatic carbocycles. The third-order valence-electron chi connectivity index (χ3n) is 5.93. The Kier molecular flexibility index (Phi) is 7.89. The fourth-order valence-corrected chi connectivity index (χ4v) is 4.12. The van der Waals surface area contributed by atoms with Gasteiger partial charge >= 0.3 is 18.3 Å². The number of hydrogen-bond donors (Lipinski definition) is 0. The molecule has 0 spiro atoms. The number of anilines is 3. The zero-order valence-corrected chi connectivity index (χ0v) is 20.4. The fourth-order valence-electron chi connectivity index (χ4n) is 4.12. The van der Waals surface area contributed by atoms with E-state index in [2.05, 4.69) is 9.97 Å². The van der Waals surface area contributed by atoms with E-state index in [1.165, 1.54) is 12.5 Å². The van der Waals surface area contributed by atoms with E-state index in [0.717, 1.165) is 7.11 Å². The van der Waals surface area contributed by atoms with E-state index < -0.39 is 40.9 Å². The van der Waals surface area contributed by atoms with E-state index >= 15 is 0 Å². The molecule has 0 amide bonds. The monoisotopic (exact) mass is 545 g/mol.